The lowest BCUT2D eigenvalue weighted by Crippen LogP contribution is -2.53. The molecule has 1 aliphatic carbocycles. The van der Waals surface area contributed by atoms with Crippen molar-refractivity contribution in [2.45, 2.75) is 25.8 Å². The zero-order valence-electron chi connectivity index (χ0n) is 17.3. The minimum Gasteiger partial charge on any atom is -0.497 e. The van der Waals surface area contributed by atoms with Gasteiger partial charge in [-0.15, -0.1) is 0 Å². The van der Waals surface area contributed by atoms with Crippen LogP contribution in [0, 0.1) is 5.92 Å². The van der Waals surface area contributed by atoms with Gasteiger partial charge in [-0.3, -0.25) is 4.99 Å². The van der Waals surface area contributed by atoms with Crippen LogP contribution in [0.15, 0.2) is 29.3 Å². The molecule has 0 spiro atoms. The molecule has 1 N–H and O–H groups in total. The highest BCUT2D eigenvalue weighted by Gasteiger charge is 2.32. The van der Waals surface area contributed by atoms with E-state index in [4.69, 9.17) is 9.73 Å². The molecule has 1 atom stereocenters. The number of nitrogens with one attached hydrogen (secondary N) is 1. The second-order valence-electron chi connectivity index (χ2n) is 7.74. The zero-order valence-corrected chi connectivity index (χ0v) is 17.3. The van der Waals surface area contributed by atoms with Crippen molar-refractivity contribution in [2.75, 3.05) is 65.4 Å². The summed E-state index contributed by atoms with van der Waals surface area (Å²) in [6.07, 6.45) is 2.71. The van der Waals surface area contributed by atoms with Crippen LogP contribution in [0.1, 0.15) is 19.8 Å². The van der Waals surface area contributed by atoms with Crippen LogP contribution in [-0.2, 0) is 0 Å². The van der Waals surface area contributed by atoms with Gasteiger partial charge in [0.05, 0.1) is 13.7 Å². The molecule has 0 aromatic heterocycles. The number of aliphatic imine (C=N–C) groups is 1. The molecule has 1 saturated carbocycles. The third kappa shape index (κ3) is 5.28. The summed E-state index contributed by atoms with van der Waals surface area (Å²) >= 11 is 0. The Labute approximate surface area is 164 Å². The van der Waals surface area contributed by atoms with E-state index in [1.165, 1.54) is 18.5 Å². The number of likely N-dealkylation sites (N-methyl/N-ethyl adjacent to an activating group) is 1. The number of piperazine rings is 1. The predicted molar refractivity (Wildman–Crippen MR) is 113 cm³/mol. The Balaban J connectivity index is 1.58. The number of nitrogens with zero attached hydrogens (tertiary/aromatic N) is 4. The Morgan fingerprint density at radius 2 is 1.85 bits per heavy atom. The molecule has 1 aromatic carbocycles. The fraction of sp³-hybridized carbons (Fsp3) is 0.667. The average molecular weight is 374 g/mol. The molecule has 0 amide bonds. The first-order valence-electron chi connectivity index (χ1n) is 10.2. The average Bonchev–Trinajstić information content (AvgIpc) is 3.52. The summed E-state index contributed by atoms with van der Waals surface area (Å²) in [5.41, 5.74) is 1.26. The van der Waals surface area contributed by atoms with E-state index in [1.54, 1.807) is 7.11 Å². The van der Waals surface area contributed by atoms with E-state index >= 15 is 0 Å². The number of benzene rings is 1. The maximum absolute atomic E-state index is 5.26. The first-order chi connectivity index (χ1) is 13.1. The highest BCUT2D eigenvalue weighted by Crippen LogP contribution is 2.34. The SMILES string of the molecule is CCNC(=NCC(C1CC1)N(C)C)N1CCN(c2ccc(OC)cc2)CC1. The fourth-order valence-electron chi connectivity index (χ4n) is 3.79. The minimum absolute atomic E-state index is 0.569. The first-order valence-corrected chi connectivity index (χ1v) is 10.2. The predicted octanol–water partition coefficient (Wildman–Crippen LogP) is 2.12. The van der Waals surface area contributed by atoms with Crippen molar-refractivity contribution in [1.29, 1.82) is 0 Å². The lowest BCUT2D eigenvalue weighted by atomic mass is 10.2. The van der Waals surface area contributed by atoms with Crippen molar-refractivity contribution in [3.05, 3.63) is 24.3 Å². The number of ether oxygens (including phenoxy) is 1. The van der Waals surface area contributed by atoms with E-state index in [-0.39, 0.29) is 0 Å². The highest BCUT2D eigenvalue weighted by atomic mass is 16.5. The maximum atomic E-state index is 5.26. The molecule has 1 aromatic rings. The van der Waals surface area contributed by atoms with Crippen molar-refractivity contribution in [2.24, 2.45) is 10.9 Å². The molecule has 0 radical (unpaired) electrons. The summed E-state index contributed by atoms with van der Waals surface area (Å²) in [6, 6.07) is 8.93. The van der Waals surface area contributed by atoms with E-state index < -0.39 is 0 Å². The largest absolute Gasteiger partial charge is 0.497 e. The third-order valence-electron chi connectivity index (χ3n) is 5.61. The van der Waals surface area contributed by atoms with Crippen molar-refractivity contribution in [1.82, 2.24) is 15.1 Å². The molecule has 6 heteroatoms. The molecular weight excluding hydrogens is 338 g/mol. The monoisotopic (exact) mass is 373 g/mol. The van der Waals surface area contributed by atoms with Crippen LogP contribution in [0.3, 0.4) is 0 Å². The Morgan fingerprint density at radius 3 is 2.37 bits per heavy atom. The molecule has 1 heterocycles. The van der Waals surface area contributed by atoms with E-state index in [1.807, 2.05) is 12.1 Å². The molecule has 150 valence electrons. The summed E-state index contributed by atoms with van der Waals surface area (Å²) in [5.74, 6) is 2.81. The highest BCUT2D eigenvalue weighted by molar-refractivity contribution is 5.80. The molecule has 1 aliphatic heterocycles. The lowest BCUT2D eigenvalue weighted by molar-refractivity contribution is 0.269. The summed E-state index contributed by atoms with van der Waals surface area (Å²) in [6.45, 7) is 7.95. The smallest absolute Gasteiger partial charge is 0.194 e. The minimum atomic E-state index is 0.569. The van der Waals surface area contributed by atoms with Gasteiger partial charge in [-0.2, -0.15) is 0 Å². The van der Waals surface area contributed by atoms with Crippen molar-refractivity contribution in [3.63, 3.8) is 0 Å². The van der Waals surface area contributed by atoms with Gasteiger partial charge in [-0.1, -0.05) is 0 Å². The van der Waals surface area contributed by atoms with Crippen LogP contribution >= 0.6 is 0 Å². The molecule has 2 aliphatic rings. The topological polar surface area (TPSA) is 43.3 Å². The van der Waals surface area contributed by atoms with E-state index in [2.05, 4.69) is 53.2 Å². The summed E-state index contributed by atoms with van der Waals surface area (Å²) in [5, 5.41) is 3.50. The Hall–Kier alpha value is -1.95. The molecule has 3 rings (SSSR count). The van der Waals surface area contributed by atoms with Gasteiger partial charge in [-0.25, -0.2) is 0 Å². The number of methoxy groups -OCH3 is 1. The van der Waals surface area contributed by atoms with Crippen molar-refractivity contribution >= 4 is 11.6 Å². The normalized spacial score (nSPS) is 19.4. The maximum Gasteiger partial charge on any atom is 0.194 e. The Kier molecular flexibility index (Phi) is 6.83. The quantitative estimate of drug-likeness (QED) is 0.586. The molecule has 0 bridgehead atoms. The Bertz CT molecular complexity index is 602. The number of guanidine groups is 1. The van der Waals surface area contributed by atoms with Gasteiger partial charge in [0.1, 0.15) is 5.75 Å². The van der Waals surface area contributed by atoms with Crippen LogP contribution in [0.4, 0.5) is 5.69 Å². The van der Waals surface area contributed by atoms with Gasteiger partial charge in [0.25, 0.3) is 0 Å². The molecule has 1 unspecified atom stereocenters. The molecule has 1 saturated heterocycles. The Morgan fingerprint density at radius 1 is 1.19 bits per heavy atom. The fourth-order valence-corrected chi connectivity index (χ4v) is 3.79. The van der Waals surface area contributed by atoms with E-state index in [0.717, 1.165) is 56.9 Å². The van der Waals surface area contributed by atoms with Gasteiger partial charge < -0.3 is 24.8 Å². The lowest BCUT2D eigenvalue weighted by Gasteiger charge is -2.38. The standard InChI is InChI=1S/C21H35N5O/c1-5-22-21(23-16-20(24(2)3)17-6-7-17)26-14-12-25(13-15-26)18-8-10-19(27-4)11-9-18/h8-11,17,20H,5-7,12-16H2,1-4H3,(H,22,23). The van der Waals surface area contributed by atoms with Gasteiger partial charge in [-0.05, 0) is 64.0 Å². The summed E-state index contributed by atoms with van der Waals surface area (Å²) in [7, 11) is 6.07. The third-order valence-corrected chi connectivity index (χ3v) is 5.61. The van der Waals surface area contributed by atoms with Crippen molar-refractivity contribution < 1.29 is 4.74 Å². The van der Waals surface area contributed by atoms with Gasteiger partial charge >= 0.3 is 0 Å². The van der Waals surface area contributed by atoms with Crippen LogP contribution in [0.25, 0.3) is 0 Å². The van der Waals surface area contributed by atoms with Gasteiger partial charge in [0, 0.05) is 44.5 Å². The number of hydrogen-bond acceptors (Lipinski definition) is 4. The van der Waals surface area contributed by atoms with Crippen LogP contribution in [0.5, 0.6) is 5.75 Å². The van der Waals surface area contributed by atoms with Crippen LogP contribution in [0.2, 0.25) is 0 Å². The van der Waals surface area contributed by atoms with Gasteiger partial charge in [0.15, 0.2) is 5.96 Å². The molecule has 6 nitrogen and oxygen atoms in total. The van der Waals surface area contributed by atoms with E-state index in [0.29, 0.717) is 6.04 Å². The summed E-state index contributed by atoms with van der Waals surface area (Å²) in [4.78, 5) is 12.2. The van der Waals surface area contributed by atoms with Crippen LogP contribution < -0.4 is 15.0 Å². The second kappa shape index (κ2) is 9.31. The van der Waals surface area contributed by atoms with E-state index in [9.17, 15) is 0 Å². The molecule has 2 fully saturated rings. The number of anilines is 1. The zero-order chi connectivity index (χ0) is 19.2. The molecule has 27 heavy (non-hydrogen) atoms. The number of hydrogen-bond donors (Lipinski definition) is 1. The first kappa shape index (κ1) is 19.8. The summed E-state index contributed by atoms with van der Waals surface area (Å²) < 4.78 is 5.26. The second-order valence-corrected chi connectivity index (χ2v) is 7.74. The van der Waals surface area contributed by atoms with Gasteiger partial charge in [0.2, 0.25) is 0 Å². The number of rotatable bonds is 7. The molecular formula is C21H35N5O. The van der Waals surface area contributed by atoms with Crippen LogP contribution in [-0.4, -0.2) is 82.3 Å². The van der Waals surface area contributed by atoms with Crippen molar-refractivity contribution in [3.8, 4) is 5.75 Å².